The Kier molecular flexibility index (Phi) is 5.08. The molecule has 1 aromatic carbocycles. The smallest absolute Gasteiger partial charge is 0.275 e. The fraction of sp³-hybridized carbons (Fsp3) is 0. The van der Waals surface area contributed by atoms with E-state index < -0.39 is 5.91 Å². The molecule has 4 aromatic rings. The van der Waals surface area contributed by atoms with E-state index in [1.807, 2.05) is 6.07 Å². The van der Waals surface area contributed by atoms with E-state index in [-0.39, 0.29) is 11.5 Å². The van der Waals surface area contributed by atoms with Crippen LogP contribution in [-0.2, 0) is 0 Å². The summed E-state index contributed by atoms with van der Waals surface area (Å²) in [6.45, 7) is 0. The van der Waals surface area contributed by atoms with Crippen molar-refractivity contribution in [3.63, 3.8) is 0 Å². The maximum Gasteiger partial charge on any atom is 0.275 e. The number of pyridine rings is 2. The summed E-state index contributed by atoms with van der Waals surface area (Å²) >= 11 is 0. The molecule has 7 heteroatoms. The van der Waals surface area contributed by atoms with E-state index in [0.717, 1.165) is 5.56 Å². The van der Waals surface area contributed by atoms with Gasteiger partial charge in [0.25, 0.3) is 5.91 Å². The van der Waals surface area contributed by atoms with Gasteiger partial charge in [-0.1, -0.05) is 24.0 Å². The highest BCUT2D eigenvalue weighted by atomic mass is 19.1. The summed E-state index contributed by atoms with van der Waals surface area (Å²) in [5.74, 6) is 5.11. The Balaban J connectivity index is 1.55. The number of rotatable bonds is 3. The molecular weight excluding hydrogens is 369 g/mol. The lowest BCUT2D eigenvalue weighted by Crippen LogP contribution is -2.14. The Bertz CT molecular complexity index is 1220. The summed E-state index contributed by atoms with van der Waals surface area (Å²) in [7, 11) is 0. The van der Waals surface area contributed by atoms with Crippen LogP contribution in [0.4, 0.5) is 10.1 Å². The lowest BCUT2D eigenvalue weighted by Gasteiger charge is -2.07. The zero-order valence-corrected chi connectivity index (χ0v) is 15.1. The molecule has 0 unspecified atom stereocenters. The molecule has 140 valence electrons. The molecule has 3 aromatic heterocycles. The molecule has 6 nitrogen and oxygen atoms in total. The first-order chi connectivity index (χ1) is 14.2. The highest BCUT2D eigenvalue weighted by Crippen LogP contribution is 2.22. The lowest BCUT2D eigenvalue weighted by molar-refractivity contribution is 0.102. The minimum absolute atomic E-state index is 0.234. The molecule has 0 aliphatic heterocycles. The number of carbonyl (C=O) groups excluding carboxylic acids is 1. The van der Waals surface area contributed by atoms with Crippen LogP contribution in [0.5, 0.6) is 0 Å². The SMILES string of the molecule is O=C(Nc1cncc(-c2cccc(F)c2)c1)c1[nH]ncc1C#Cc1cccnc1. The first kappa shape index (κ1) is 18.1. The second-order valence-corrected chi connectivity index (χ2v) is 6.08. The maximum absolute atomic E-state index is 13.5. The van der Waals surface area contributed by atoms with Gasteiger partial charge < -0.3 is 5.32 Å². The number of hydrogen-bond donors (Lipinski definition) is 2. The summed E-state index contributed by atoms with van der Waals surface area (Å²) in [5, 5.41) is 9.34. The number of nitrogens with one attached hydrogen (secondary N) is 2. The number of amides is 1. The summed E-state index contributed by atoms with van der Waals surface area (Å²) in [5.41, 5.74) is 3.24. The molecule has 0 aliphatic carbocycles. The molecule has 0 atom stereocenters. The molecule has 2 N–H and O–H groups in total. The van der Waals surface area contributed by atoms with Gasteiger partial charge in [-0.15, -0.1) is 0 Å². The first-order valence-corrected chi connectivity index (χ1v) is 8.67. The fourth-order valence-electron chi connectivity index (χ4n) is 2.66. The van der Waals surface area contributed by atoms with E-state index in [9.17, 15) is 9.18 Å². The van der Waals surface area contributed by atoms with Crippen LogP contribution >= 0.6 is 0 Å². The van der Waals surface area contributed by atoms with Crippen molar-refractivity contribution >= 4 is 11.6 Å². The Hall–Kier alpha value is -4.31. The van der Waals surface area contributed by atoms with Crippen molar-refractivity contribution in [3.8, 4) is 23.0 Å². The molecule has 3 heterocycles. The average molecular weight is 383 g/mol. The summed E-state index contributed by atoms with van der Waals surface area (Å²) in [6.07, 6.45) is 7.90. The van der Waals surface area contributed by atoms with Crippen molar-refractivity contribution in [1.82, 2.24) is 20.2 Å². The van der Waals surface area contributed by atoms with Gasteiger partial charge in [0.15, 0.2) is 0 Å². The van der Waals surface area contributed by atoms with Crippen LogP contribution in [0.15, 0.2) is 73.4 Å². The number of nitrogens with zero attached hydrogens (tertiary/aromatic N) is 3. The number of aromatic nitrogens is 4. The Labute approximate surface area is 165 Å². The number of halogens is 1. The van der Waals surface area contributed by atoms with Crippen LogP contribution in [0.3, 0.4) is 0 Å². The van der Waals surface area contributed by atoms with E-state index in [2.05, 4.69) is 37.3 Å². The summed E-state index contributed by atoms with van der Waals surface area (Å²) < 4.78 is 13.5. The molecule has 0 fully saturated rings. The minimum atomic E-state index is -0.406. The monoisotopic (exact) mass is 383 g/mol. The van der Waals surface area contributed by atoms with Gasteiger partial charge in [-0.25, -0.2) is 4.39 Å². The number of hydrogen-bond acceptors (Lipinski definition) is 4. The van der Waals surface area contributed by atoms with Crippen LogP contribution in [0.1, 0.15) is 21.6 Å². The summed E-state index contributed by atoms with van der Waals surface area (Å²) in [4.78, 5) is 20.8. The van der Waals surface area contributed by atoms with Crippen LogP contribution in [0, 0.1) is 17.7 Å². The van der Waals surface area contributed by atoms with E-state index in [1.54, 1.807) is 42.9 Å². The zero-order chi connectivity index (χ0) is 20.1. The Morgan fingerprint density at radius 3 is 2.72 bits per heavy atom. The van der Waals surface area contributed by atoms with Crippen molar-refractivity contribution < 1.29 is 9.18 Å². The number of H-pyrrole nitrogens is 1. The lowest BCUT2D eigenvalue weighted by atomic mass is 10.1. The predicted molar refractivity (Wildman–Crippen MR) is 106 cm³/mol. The molecule has 0 bridgehead atoms. The van der Waals surface area contributed by atoms with Crippen molar-refractivity contribution in [2.75, 3.05) is 5.32 Å². The van der Waals surface area contributed by atoms with Crippen LogP contribution < -0.4 is 5.32 Å². The fourth-order valence-corrected chi connectivity index (χ4v) is 2.66. The third-order valence-corrected chi connectivity index (χ3v) is 4.02. The van der Waals surface area contributed by atoms with Crippen LogP contribution in [-0.4, -0.2) is 26.1 Å². The topological polar surface area (TPSA) is 83.6 Å². The molecule has 0 saturated carbocycles. The standard InChI is InChI=1S/C22H14FN5O/c23-19-5-1-4-16(9-19)18-10-20(14-25-12-18)27-22(29)21-17(13-26-28-21)7-6-15-3-2-8-24-11-15/h1-5,8-14H,(H,26,28)(H,27,29). The third kappa shape index (κ3) is 4.34. The Morgan fingerprint density at radius 2 is 1.90 bits per heavy atom. The molecule has 0 spiro atoms. The number of benzene rings is 1. The van der Waals surface area contributed by atoms with Crippen molar-refractivity contribution in [1.29, 1.82) is 0 Å². The van der Waals surface area contributed by atoms with Crippen LogP contribution in [0.25, 0.3) is 11.1 Å². The molecule has 0 radical (unpaired) electrons. The second-order valence-electron chi connectivity index (χ2n) is 6.08. The van der Waals surface area contributed by atoms with E-state index in [0.29, 0.717) is 22.4 Å². The van der Waals surface area contributed by atoms with Gasteiger partial charge in [0, 0.05) is 29.7 Å². The maximum atomic E-state index is 13.5. The first-order valence-electron chi connectivity index (χ1n) is 8.67. The van der Waals surface area contributed by atoms with Gasteiger partial charge in [-0.2, -0.15) is 5.10 Å². The molecule has 0 aliphatic rings. The van der Waals surface area contributed by atoms with Crippen molar-refractivity contribution in [3.05, 3.63) is 96.1 Å². The molecule has 1 amide bonds. The number of anilines is 1. The van der Waals surface area contributed by atoms with Gasteiger partial charge in [0.2, 0.25) is 0 Å². The number of carbonyl (C=O) groups is 1. The largest absolute Gasteiger partial charge is 0.319 e. The van der Waals surface area contributed by atoms with Gasteiger partial charge >= 0.3 is 0 Å². The zero-order valence-electron chi connectivity index (χ0n) is 15.1. The summed E-state index contributed by atoms with van der Waals surface area (Å²) in [6, 6.07) is 11.5. The van der Waals surface area contributed by atoms with E-state index in [4.69, 9.17) is 0 Å². The third-order valence-electron chi connectivity index (χ3n) is 4.02. The molecule has 4 rings (SSSR count). The van der Waals surface area contributed by atoms with Gasteiger partial charge in [-0.3, -0.25) is 19.9 Å². The normalized spacial score (nSPS) is 10.1. The molecule has 0 saturated heterocycles. The van der Waals surface area contributed by atoms with Crippen LogP contribution in [0.2, 0.25) is 0 Å². The Morgan fingerprint density at radius 1 is 0.966 bits per heavy atom. The average Bonchev–Trinajstić information content (AvgIpc) is 3.22. The highest BCUT2D eigenvalue weighted by molar-refractivity contribution is 6.04. The highest BCUT2D eigenvalue weighted by Gasteiger charge is 2.13. The number of aromatic amines is 1. The van der Waals surface area contributed by atoms with E-state index >= 15 is 0 Å². The predicted octanol–water partition coefficient (Wildman–Crippen LogP) is 3.66. The van der Waals surface area contributed by atoms with Gasteiger partial charge in [0.05, 0.1) is 23.6 Å². The minimum Gasteiger partial charge on any atom is -0.319 e. The second kappa shape index (κ2) is 8.15. The molecular formula is C22H14FN5O. The van der Waals surface area contributed by atoms with Crippen molar-refractivity contribution in [2.45, 2.75) is 0 Å². The molecule has 29 heavy (non-hydrogen) atoms. The van der Waals surface area contributed by atoms with E-state index in [1.165, 1.54) is 24.5 Å². The van der Waals surface area contributed by atoms with Gasteiger partial charge in [-0.05, 0) is 35.9 Å². The van der Waals surface area contributed by atoms with Crippen molar-refractivity contribution in [2.24, 2.45) is 0 Å². The van der Waals surface area contributed by atoms with Gasteiger partial charge in [0.1, 0.15) is 11.5 Å². The quantitative estimate of drug-likeness (QED) is 0.529.